The zero-order valence-corrected chi connectivity index (χ0v) is 16.8. The van der Waals surface area contributed by atoms with Gasteiger partial charge in [-0.3, -0.25) is 4.79 Å². The highest BCUT2D eigenvalue weighted by Crippen LogP contribution is 2.35. The number of thiophene rings is 1. The van der Waals surface area contributed by atoms with E-state index in [1.54, 1.807) is 33.8 Å². The molecule has 0 bridgehead atoms. The highest BCUT2D eigenvalue weighted by atomic mass is 32.2. The summed E-state index contributed by atoms with van der Waals surface area (Å²) < 4.78 is 27.8. The predicted molar refractivity (Wildman–Crippen MR) is 109 cm³/mol. The van der Waals surface area contributed by atoms with Crippen molar-refractivity contribution in [1.82, 2.24) is 9.29 Å². The molecule has 1 saturated heterocycles. The van der Waals surface area contributed by atoms with E-state index in [1.165, 1.54) is 0 Å². The Labute approximate surface area is 163 Å². The number of benzene rings is 1. The van der Waals surface area contributed by atoms with Crippen LogP contribution in [0.1, 0.15) is 40.9 Å². The van der Waals surface area contributed by atoms with E-state index in [1.807, 2.05) is 19.1 Å². The molecule has 1 fully saturated rings. The van der Waals surface area contributed by atoms with E-state index < -0.39 is 10.0 Å². The van der Waals surface area contributed by atoms with Gasteiger partial charge in [0.05, 0.1) is 15.5 Å². The van der Waals surface area contributed by atoms with Crippen LogP contribution in [0.4, 0.5) is 0 Å². The smallest absolute Gasteiger partial charge is 0.243 e. The Bertz CT molecular complexity index is 1090. The number of carbonyl (C=O) groups excluding carboxylic acids is 1. The second-order valence-corrected chi connectivity index (χ2v) is 10.2. The first-order valence-electron chi connectivity index (χ1n) is 9.18. The Morgan fingerprint density at radius 3 is 2.44 bits per heavy atom. The van der Waals surface area contributed by atoms with Crippen molar-refractivity contribution in [3.05, 3.63) is 40.8 Å². The molecule has 27 heavy (non-hydrogen) atoms. The maximum atomic E-state index is 13.1. The number of nitrogens with zero attached hydrogens (tertiary/aromatic N) is 1. The lowest BCUT2D eigenvalue weighted by Crippen LogP contribution is -2.31. The first-order chi connectivity index (χ1) is 13.0. The van der Waals surface area contributed by atoms with Gasteiger partial charge in [0, 0.05) is 34.4 Å². The predicted octanol–water partition coefficient (Wildman–Crippen LogP) is 4.58. The number of aryl methyl sites for hydroxylation is 1. The molecule has 0 amide bonds. The van der Waals surface area contributed by atoms with Crippen molar-refractivity contribution in [1.29, 1.82) is 0 Å². The lowest BCUT2D eigenvalue weighted by atomic mass is 10.1. The molecule has 1 aliphatic rings. The van der Waals surface area contributed by atoms with E-state index in [9.17, 15) is 13.2 Å². The van der Waals surface area contributed by atoms with E-state index >= 15 is 0 Å². The van der Waals surface area contributed by atoms with Gasteiger partial charge in [-0.1, -0.05) is 12.8 Å². The maximum Gasteiger partial charge on any atom is 0.243 e. The number of aromatic nitrogens is 1. The molecule has 5 nitrogen and oxygen atoms in total. The molecule has 3 heterocycles. The molecule has 3 aromatic rings. The number of sulfonamides is 1. The van der Waals surface area contributed by atoms with Crippen molar-refractivity contribution >= 4 is 38.5 Å². The van der Waals surface area contributed by atoms with Gasteiger partial charge < -0.3 is 4.98 Å². The van der Waals surface area contributed by atoms with Gasteiger partial charge in [-0.15, -0.1) is 11.3 Å². The molecule has 1 aliphatic heterocycles. The second-order valence-electron chi connectivity index (χ2n) is 6.97. The fourth-order valence-electron chi connectivity index (χ4n) is 3.67. The minimum absolute atomic E-state index is 0.257. The van der Waals surface area contributed by atoms with E-state index in [-0.39, 0.29) is 4.90 Å². The monoisotopic (exact) mass is 402 g/mol. The molecule has 1 aromatic carbocycles. The average molecular weight is 403 g/mol. The fourth-order valence-corrected chi connectivity index (χ4v) is 6.09. The lowest BCUT2D eigenvalue weighted by Gasteiger charge is -2.20. The number of H-pyrrole nitrogens is 1. The van der Waals surface area contributed by atoms with Crippen LogP contribution in [0.25, 0.3) is 21.5 Å². The van der Waals surface area contributed by atoms with Gasteiger partial charge in [-0.2, -0.15) is 4.31 Å². The van der Waals surface area contributed by atoms with E-state index in [4.69, 9.17) is 0 Å². The van der Waals surface area contributed by atoms with Gasteiger partial charge in [-0.25, -0.2) is 8.42 Å². The van der Waals surface area contributed by atoms with Gasteiger partial charge in [0.25, 0.3) is 0 Å². The van der Waals surface area contributed by atoms with Crippen LogP contribution in [0, 0.1) is 6.92 Å². The summed E-state index contributed by atoms with van der Waals surface area (Å²) in [5.41, 5.74) is 2.04. The minimum Gasteiger partial charge on any atom is -0.353 e. The summed E-state index contributed by atoms with van der Waals surface area (Å²) >= 11 is 1.60. The largest absolute Gasteiger partial charge is 0.353 e. The molecule has 4 rings (SSSR count). The topological polar surface area (TPSA) is 70.2 Å². The van der Waals surface area contributed by atoms with Crippen LogP contribution in [-0.4, -0.2) is 37.1 Å². The summed E-state index contributed by atoms with van der Waals surface area (Å²) in [4.78, 5) is 17.5. The summed E-state index contributed by atoms with van der Waals surface area (Å²) in [7, 11) is -3.55. The Kier molecular flexibility index (Phi) is 4.92. The van der Waals surface area contributed by atoms with Crippen molar-refractivity contribution in [2.45, 2.75) is 37.5 Å². The number of aromatic amines is 1. The Morgan fingerprint density at radius 1 is 1.07 bits per heavy atom. The standard InChI is InChI=1S/C20H22N2O3S2/c1-14-6-9-19(26-14)20-17(13-23)16-12-15(7-8-18(16)21-20)27(24,25)22-10-4-2-3-5-11-22/h6-9,12-13,21H,2-5,10-11H2,1H3. The lowest BCUT2D eigenvalue weighted by molar-refractivity contribution is 0.112. The number of aldehydes is 1. The van der Waals surface area contributed by atoms with Crippen molar-refractivity contribution < 1.29 is 13.2 Å². The first kappa shape index (κ1) is 18.4. The summed E-state index contributed by atoms with van der Waals surface area (Å²) in [5.74, 6) is 0. The van der Waals surface area contributed by atoms with Crippen LogP contribution in [0.2, 0.25) is 0 Å². The molecule has 0 atom stereocenters. The van der Waals surface area contributed by atoms with E-state index in [0.717, 1.165) is 52.9 Å². The molecule has 0 unspecified atom stereocenters. The zero-order valence-electron chi connectivity index (χ0n) is 15.2. The zero-order chi connectivity index (χ0) is 19.0. The third-order valence-corrected chi connectivity index (χ3v) is 8.03. The van der Waals surface area contributed by atoms with Crippen LogP contribution < -0.4 is 0 Å². The van der Waals surface area contributed by atoms with Crippen LogP contribution in [0.3, 0.4) is 0 Å². The van der Waals surface area contributed by atoms with Gasteiger partial charge in [-0.05, 0) is 50.1 Å². The normalized spacial score (nSPS) is 16.5. The summed E-state index contributed by atoms with van der Waals surface area (Å²) in [5, 5.41) is 0.655. The number of hydrogen-bond donors (Lipinski definition) is 1. The Morgan fingerprint density at radius 2 is 1.81 bits per heavy atom. The van der Waals surface area contributed by atoms with Crippen LogP contribution in [-0.2, 0) is 10.0 Å². The molecular formula is C20H22N2O3S2. The minimum atomic E-state index is -3.55. The fraction of sp³-hybridized carbons (Fsp3) is 0.350. The van der Waals surface area contributed by atoms with Crippen LogP contribution in [0.5, 0.6) is 0 Å². The van der Waals surface area contributed by atoms with E-state index in [2.05, 4.69) is 4.98 Å². The van der Waals surface area contributed by atoms with Crippen LogP contribution >= 0.6 is 11.3 Å². The third kappa shape index (κ3) is 3.35. The number of nitrogens with one attached hydrogen (secondary N) is 1. The van der Waals surface area contributed by atoms with E-state index in [0.29, 0.717) is 24.0 Å². The first-order valence-corrected chi connectivity index (χ1v) is 11.4. The molecule has 0 aliphatic carbocycles. The molecule has 0 spiro atoms. The molecule has 142 valence electrons. The van der Waals surface area contributed by atoms with Gasteiger partial charge in [0.2, 0.25) is 10.0 Å². The molecule has 0 radical (unpaired) electrons. The van der Waals surface area contributed by atoms with Gasteiger partial charge >= 0.3 is 0 Å². The molecular weight excluding hydrogens is 380 g/mol. The summed E-state index contributed by atoms with van der Waals surface area (Å²) in [6.45, 7) is 3.14. The molecule has 1 N–H and O–H groups in total. The molecule has 2 aromatic heterocycles. The summed E-state index contributed by atoms with van der Waals surface area (Å²) in [6, 6.07) is 9.02. The second kappa shape index (κ2) is 7.22. The number of rotatable bonds is 4. The Hall–Kier alpha value is -1.96. The molecule has 0 saturated carbocycles. The van der Waals surface area contributed by atoms with Gasteiger partial charge in [0.15, 0.2) is 6.29 Å². The number of fused-ring (bicyclic) bond motifs is 1. The van der Waals surface area contributed by atoms with Crippen molar-refractivity contribution in [3.63, 3.8) is 0 Å². The summed E-state index contributed by atoms with van der Waals surface area (Å²) in [6.07, 6.45) is 4.75. The average Bonchev–Trinajstić information content (AvgIpc) is 3.12. The third-order valence-electron chi connectivity index (χ3n) is 5.12. The van der Waals surface area contributed by atoms with Crippen molar-refractivity contribution in [2.75, 3.05) is 13.1 Å². The number of hydrogen-bond acceptors (Lipinski definition) is 4. The SMILES string of the molecule is Cc1ccc(-c2[nH]c3ccc(S(=O)(=O)N4CCCCCC4)cc3c2C=O)s1. The van der Waals surface area contributed by atoms with Crippen LogP contribution in [0.15, 0.2) is 35.2 Å². The quantitative estimate of drug-likeness (QED) is 0.649. The highest BCUT2D eigenvalue weighted by molar-refractivity contribution is 7.89. The maximum absolute atomic E-state index is 13.1. The highest BCUT2D eigenvalue weighted by Gasteiger charge is 2.26. The Balaban J connectivity index is 1.81. The van der Waals surface area contributed by atoms with Gasteiger partial charge in [0.1, 0.15) is 0 Å². The number of carbonyl (C=O) groups is 1. The molecule has 7 heteroatoms. The van der Waals surface area contributed by atoms with Crippen molar-refractivity contribution in [2.24, 2.45) is 0 Å². The van der Waals surface area contributed by atoms with Crippen molar-refractivity contribution in [3.8, 4) is 10.6 Å².